The Hall–Kier alpha value is -0.931. The number of oxazole rings is 1. The summed E-state index contributed by atoms with van der Waals surface area (Å²) in [5.74, 6) is 0. The van der Waals surface area contributed by atoms with Gasteiger partial charge in [-0.1, -0.05) is 0 Å². The van der Waals surface area contributed by atoms with Crippen molar-refractivity contribution in [2.75, 3.05) is 0 Å². The summed E-state index contributed by atoms with van der Waals surface area (Å²) < 4.78 is 9.29. The second-order valence-corrected chi connectivity index (χ2v) is 1.71. The molecule has 4 nitrogen and oxygen atoms in total. The molecular formula is C6H3IrN2O2-. The second-order valence-electron chi connectivity index (χ2n) is 1.71. The van der Waals surface area contributed by atoms with Gasteiger partial charge in [0.1, 0.15) is 0 Å². The summed E-state index contributed by atoms with van der Waals surface area (Å²) in [6, 6.07) is 0. The third kappa shape index (κ3) is 1.56. The van der Waals surface area contributed by atoms with Crippen molar-refractivity contribution in [2.45, 2.75) is 0 Å². The summed E-state index contributed by atoms with van der Waals surface area (Å²) >= 11 is 0. The average molecular weight is 327 g/mol. The molecule has 0 amide bonds. The Morgan fingerprint density at radius 1 is 1.36 bits per heavy atom. The SMILES string of the molecule is [Ir].[c-]1nocc1-c1cocn1. The van der Waals surface area contributed by atoms with Crippen LogP contribution in [0, 0.1) is 6.20 Å². The minimum absolute atomic E-state index is 0. The van der Waals surface area contributed by atoms with Crippen molar-refractivity contribution in [1.29, 1.82) is 0 Å². The van der Waals surface area contributed by atoms with Crippen LogP contribution in [0.5, 0.6) is 0 Å². The third-order valence-corrected chi connectivity index (χ3v) is 1.10. The number of hydrogen-bond acceptors (Lipinski definition) is 4. The van der Waals surface area contributed by atoms with Crippen molar-refractivity contribution in [3.8, 4) is 11.3 Å². The van der Waals surface area contributed by atoms with Gasteiger partial charge in [0, 0.05) is 32.1 Å². The van der Waals surface area contributed by atoms with E-state index in [0.29, 0.717) is 11.3 Å². The topological polar surface area (TPSA) is 52.1 Å². The van der Waals surface area contributed by atoms with E-state index >= 15 is 0 Å². The fourth-order valence-electron chi connectivity index (χ4n) is 0.644. The summed E-state index contributed by atoms with van der Waals surface area (Å²) in [6.07, 6.45) is 6.90. The van der Waals surface area contributed by atoms with E-state index < -0.39 is 0 Å². The van der Waals surface area contributed by atoms with Crippen LogP contribution < -0.4 is 0 Å². The number of rotatable bonds is 1. The van der Waals surface area contributed by atoms with Crippen molar-refractivity contribution < 1.29 is 29.0 Å². The Morgan fingerprint density at radius 3 is 2.82 bits per heavy atom. The van der Waals surface area contributed by atoms with Gasteiger partial charge in [0.15, 0.2) is 6.39 Å². The Bertz CT molecular complexity index is 258. The van der Waals surface area contributed by atoms with Crippen LogP contribution in [-0.4, -0.2) is 10.1 Å². The predicted octanol–water partition coefficient (Wildman–Crippen LogP) is 1.13. The molecule has 2 heterocycles. The van der Waals surface area contributed by atoms with Crippen molar-refractivity contribution in [2.24, 2.45) is 0 Å². The summed E-state index contributed by atoms with van der Waals surface area (Å²) in [4.78, 5) is 3.86. The van der Waals surface area contributed by atoms with Gasteiger partial charge in [-0.15, -0.1) is 5.56 Å². The van der Waals surface area contributed by atoms with Gasteiger partial charge in [-0.05, 0) is 6.20 Å². The molecule has 0 bridgehead atoms. The minimum Gasteiger partial charge on any atom is -0.465 e. The van der Waals surface area contributed by atoms with Gasteiger partial charge in [-0.2, -0.15) is 5.16 Å². The summed E-state index contributed by atoms with van der Waals surface area (Å²) in [5, 5.41) is 3.40. The summed E-state index contributed by atoms with van der Waals surface area (Å²) in [5.41, 5.74) is 1.38. The molecule has 0 spiro atoms. The van der Waals surface area contributed by atoms with Crippen LogP contribution in [0.3, 0.4) is 0 Å². The molecule has 0 saturated heterocycles. The summed E-state index contributed by atoms with van der Waals surface area (Å²) in [7, 11) is 0. The van der Waals surface area contributed by atoms with E-state index in [9.17, 15) is 0 Å². The monoisotopic (exact) mass is 328 g/mol. The average Bonchev–Trinajstić information content (AvgIpc) is 2.59. The first-order chi connectivity index (χ1) is 4.97. The van der Waals surface area contributed by atoms with Crippen molar-refractivity contribution in [1.82, 2.24) is 10.1 Å². The smallest absolute Gasteiger partial charge is 0.167 e. The van der Waals surface area contributed by atoms with E-state index in [1.54, 1.807) is 0 Å². The molecule has 2 aromatic heterocycles. The number of aromatic nitrogens is 2. The van der Waals surface area contributed by atoms with Crippen LogP contribution in [0.2, 0.25) is 0 Å². The molecule has 5 heteroatoms. The molecule has 0 aliphatic carbocycles. The van der Waals surface area contributed by atoms with Gasteiger partial charge in [0.05, 0.1) is 6.26 Å². The van der Waals surface area contributed by atoms with E-state index in [2.05, 4.69) is 20.9 Å². The van der Waals surface area contributed by atoms with Crippen LogP contribution in [0.15, 0.2) is 27.9 Å². The molecule has 59 valence electrons. The molecule has 0 fully saturated rings. The molecule has 2 aromatic rings. The van der Waals surface area contributed by atoms with E-state index in [-0.39, 0.29) is 20.1 Å². The maximum Gasteiger partial charge on any atom is 0.167 e. The minimum atomic E-state index is 0. The fourth-order valence-corrected chi connectivity index (χ4v) is 0.644. The van der Waals surface area contributed by atoms with Gasteiger partial charge in [0.2, 0.25) is 0 Å². The Labute approximate surface area is 75.9 Å². The first-order valence-electron chi connectivity index (χ1n) is 2.67. The molecule has 0 aliphatic heterocycles. The number of hydrogen-bond donors (Lipinski definition) is 0. The Morgan fingerprint density at radius 2 is 2.27 bits per heavy atom. The first-order valence-corrected chi connectivity index (χ1v) is 2.67. The largest absolute Gasteiger partial charge is 0.465 e. The first kappa shape index (κ1) is 8.17. The molecular weight excluding hydrogens is 324 g/mol. The Balaban J connectivity index is 0.000000605. The number of nitrogens with zero attached hydrogens (tertiary/aromatic N) is 2. The van der Waals surface area contributed by atoms with E-state index in [1.807, 2.05) is 0 Å². The van der Waals surface area contributed by atoms with Crippen LogP contribution in [0.1, 0.15) is 0 Å². The molecule has 0 aromatic carbocycles. The zero-order chi connectivity index (χ0) is 6.81. The normalized spacial score (nSPS) is 9.09. The van der Waals surface area contributed by atoms with Crippen LogP contribution in [0.4, 0.5) is 0 Å². The van der Waals surface area contributed by atoms with Gasteiger partial charge in [0.25, 0.3) is 0 Å². The summed E-state index contributed by atoms with van der Waals surface area (Å²) in [6.45, 7) is 0. The van der Waals surface area contributed by atoms with E-state index in [1.165, 1.54) is 18.9 Å². The molecule has 0 atom stereocenters. The van der Waals surface area contributed by atoms with E-state index in [0.717, 1.165) is 0 Å². The molecule has 0 saturated carbocycles. The van der Waals surface area contributed by atoms with Crippen LogP contribution >= 0.6 is 0 Å². The van der Waals surface area contributed by atoms with Gasteiger partial charge in [-0.3, -0.25) is 4.98 Å². The zero-order valence-corrected chi connectivity index (χ0v) is 7.67. The molecule has 2 rings (SSSR count). The molecule has 0 unspecified atom stereocenters. The maximum absolute atomic E-state index is 4.74. The molecule has 1 radical (unpaired) electrons. The van der Waals surface area contributed by atoms with Gasteiger partial charge in [-0.25, -0.2) is 0 Å². The maximum atomic E-state index is 4.74. The van der Waals surface area contributed by atoms with Crippen molar-refractivity contribution in [3.63, 3.8) is 0 Å². The molecule has 0 aliphatic rings. The molecule has 11 heavy (non-hydrogen) atoms. The molecule has 0 N–H and O–H groups in total. The third-order valence-electron chi connectivity index (χ3n) is 1.10. The zero-order valence-electron chi connectivity index (χ0n) is 5.28. The standard InChI is InChI=1S/C6H3N2O2.Ir/c1-5(2-10-8-1)6-3-9-4-7-6;/h2-4H;/q-1;. The van der Waals surface area contributed by atoms with Gasteiger partial charge >= 0.3 is 0 Å². The quantitative estimate of drug-likeness (QED) is 0.737. The van der Waals surface area contributed by atoms with Gasteiger partial charge < -0.3 is 8.94 Å². The van der Waals surface area contributed by atoms with Crippen molar-refractivity contribution >= 4 is 0 Å². The van der Waals surface area contributed by atoms with Crippen LogP contribution in [-0.2, 0) is 20.1 Å². The second kappa shape index (κ2) is 3.46. The Kier molecular flexibility index (Phi) is 2.57. The fraction of sp³-hybridized carbons (Fsp3) is 0. The van der Waals surface area contributed by atoms with E-state index in [4.69, 9.17) is 4.42 Å². The van der Waals surface area contributed by atoms with Crippen LogP contribution in [0.25, 0.3) is 11.3 Å². The van der Waals surface area contributed by atoms with Crippen molar-refractivity contribution in [3.05, 3.63) is 25.1 Å². The predicted molar refractivity (Wildman–Crippen MR) is 30.8 cm³/mol.